The van der Waals surface area contributed by atoms with Crippen LogP contribution in [0.5, 0.6) is 0 Å². The van der Waals surface area contributed by atoms with E-state index in [9.17, 15) is 4.79 Å². The topological polar surface area (TPSA) is 77.1 Å². The summed E-state index contributed by atoms with van der Waals surface area (Å²) in [5, 5.41) is 16.0. The van der Waals surface area contributed by atoms with Gasteiger partial charge in [-0.1, -0.05) is 54.6 Å². The minimum atomic E-state index is -0.227. The number of quaternary nitrogens is 1. The van der Waals surface area contributed by atoms with Crippen molar-refractivity contribution in [2.75, 3.05) is 32.8 Å². The van der Waals surface area contributed by atoms with Crippen molar-refractivity contribution in [3.63, 3.8) is 0 Å². The summed E-state index contributed by atoms with van der Waals surface area (Å²) in [6, 6.07) is 18.4. The molecule has 8 heteroatoms. The van der Waals surface area contributed by atoms with Crippen LogP contribution in [0.15, 0.2) is 54.6 Å². The number of piperazine rings is 1. The van der Waals surface area contributed by atoms with Crippen molar-refractivity contribution < 1.29 is 14.4 Å². The van der Waals surface area contributed by atoms with Gasteiger partial charge in [-0.2, -0.15) is 9.61 Å². The van der Waals surface area contributed by atoms with E-state index in [0.29, 0.717) is 26.2 Å². The maximum absolute atomic E-state index is 12.0. The van der Waals surface area contributed by atoms with E-state index in [-0.39, 0.29) is 6.09 Å². The molecular weight excluding hydrogens is 392 g/mol. The summed E-state index contributed by atoms with van der Waals surface area (Å²) in [6.45, 7) is 5.97. The predicted octanol–water partition coefficient (Wildman–Crippen LogP) is 1.80. The summed E-state index contributed by atoms with van der Waals surface area (Å²) in [5.41, 5.74) is 2.76. The Labute approximate surface area is 180 Å². The number of rotatable bonds is 4. The molecule has 31 heavy (non-hydrogen) atoms. The van der Waals surface area contributed by atoms with Crippen LogP contribution in [-0.4, -0.2) is 63.6 Å². The number of aromatic nitrogens is 4. The molecule has 0 aliphatic carbocycles. The van der Waals surface area contributed by atoms with Crippen LogP contribution in [0.4, 0.5) is 4.79 Å². The number of hydrogen-bond donors (Lipinski definition) is 1. The van der Waals surface area contributed by atoms with Crippen LogP contribution in [0.2, 0.25) is 0 Å². The highest BCUT2D eigenvalue weighted by molar-refractivity contribution is 6.01. The monoisotopic (exact) mass is 417 g/mol. The molecule has 1 aliphatic heterocycles. The van der Waals surface area contributed by atoms with E-state index in [1.807, 2.05) is 41.8 Å². The summed E-state index contributed by atoms with van der Waals surface area (Å²) < 4.78 is 7.00. The SMILES string of the molecule is CCOC(=O)N1CC[NH+](Cc2nnc3c4ccccc4c(-c4ccccc4)nn23)CC1. The van der Waals surface area contributed by atoms with E-state index in [1.54, 1.807) is 4.90 Å². The number of nitrogens with one attached hydrogen (secondary N) is 1. The number of ether oxygens (including phenoxy) is 1. The summed E-state index contributed by atoms with van der Waals surface area (Å²) in [7, 11) is 0. The lowest BCUT2D eigenvalue weighted by Crippen LogP contribution is -3.13. The lowest BCUT2D eigenvalue weighted by molar-refractivity contribution is -0.918. The van der Waals surface area contributed by atoms with Crippen molar-refractivity contribution >= 4 is 22.5 Å². The van der Waals surface area contributed by atoms with Gasteiger partial charge < -0.3 is 9.64 Å². The lowest BCUT2D eigenvalue weighted by atomic mass is 10.1. The van der Waals surface area contributed by atoms with Gasteiger partial charge in [-0.3, -0.25) is 4.90 Å². The van der Waals surface area contributed by atoms with Crippen molar-refractivity contribution in [3.8, 4) is 11.3 Å². The average molecular weight is 417 g/mol. The molecule has 2 aromatic carbocycles. The van der Waals surface area contributed by atoms with Crippen LogP contribution >= 0.6 is 0 Å². The molecule has 1 saturated heterocycles. The number of amides is 1. The normalized spacial score (nSPS) is 14.9. The zero-order valence-electron chi connectivity index (χ0n) is 17.5. The fourth-order valence-electron chi connectivity index (χ4n) is 4.16. The van der Waals surface area contributed by atoms with Crippen LogP contribution < -0.4 is 4.90 Å². The maximum atomic E-state index is 12.0. The molecular formula is C23H25N6O2+. The van der Waals surface area contributed by atoms with E-state index < -0.39 is 0 Å². The molecule has 1 fully saturated rings. The Balaban J connectivity index is 1.46. The van der Waals surface area contributed by atoms with E-state index in [2.05, 4.69) is 34.5 Å². The Morgan fingerprint density at radius 1 is 1.00 bits per heavy atom. The molecule has 0 bridgehead atoms. The van der Waals surface area contributed by atoms with E-state index >= 15 is 0 Å². The molecule has 2 aromatic heterocycles. The third kappa shape index (κ3) is 3.70. The maximum Gasteiger partial charge on any atom is 0.410 e. The third-order valence-corrected chi connectivity index (χ3v) is 5.78. The van der Waals surface area contributed by atoms with Crippen LogP contribution in [0, 0.1) is 0 Å². The van der Waals surface area contributed by atoms with Crippen LogP contribution in [-0.2, 0) is 11.3 Å². The second-order valence-electron chi connectivity index (χ2n) is 7.72. The summed E-state index contributed by atoms with van der Waals surface area (Å²) in [6.07, 6.45) is -0.227. The first kappa shape index (κ1) is 19.4. The van der Waals surface area contributed by atoms with Gasteiger partial charge in [-0.05, 0) is 6.92 Å². The molecule has 158 valence electrons. The first-order valence-corrected chi connectivity index (χ1v) is 10.7. The predicted molar refractivity (Wildman–Crippen MR) is 117 cm³/mol. The molecule has 3 heterocycles. The smallest absolute Gasteiger partial charge is 0.410 e. The van der Waals surface area contributed by atoms with Gasteiger partial charge in [0.05, 0.1) is 38.5 Å². The molecule has 8 nitrogen and oxygen atoms in total. The number of benzene rings is 2. The Bertz CT molecular complexity index is 1210. The molecule has 0 radical (unpaired) electrons. The third-order valence-electron chi connectivity index (χ3n) is 5.78. The second kappa shape index (κ2) is 8.31. The lowest BCUT2D eigenvalue weighted by Gasteiger charge is -2.31. The summed E-state index contributed by atoms with van der Waals surface area (Å²) in [4.78, 5) is 15.1. The standard InChI is InChI=1S/C23H24N6O2/c1-2-31-23(30)28-14-12-27(13-15-28)16-20-24-25-22-19-11-7-6-10-18(19)21(26-29(20)22)17-8-4-3-5-9-17/h3-11H,2,12-16H2,1H3/p+1. The van der Waals surface area contributed by atoms with E-state index in [4.69, 9.17) is 9.84 Å². The minimum absolute atomic E-state index is 0.227. The Morgan fingerprint density at radius 3 is 2.45 bits per heavy atom. The fourth-order valence-corrected chi connectivity index (χ4v) is 4.16. The molecule has 0 spiro atoms. The molecule has 1 aliphatic rings. The van der Waals surface area contributed by atoms with Gasteiger partial charge in [-0.15, -0.1) is 10.2 Å². The zero-order valence-corrected chi connectivity index (χ0v) is 17.5. The van der Waals surface area contributed by atoms with Crippen LogP contribution in [0.1, 0.15) is 12.7 Å². The number of hydrogen-bond acceptors (Lipinski definition) is 5. The van der Waals surface area contributed by atoms with Crippen molar-refractivity contribution in [2.24, 2.45) is 0 Å². The Morgan fingerprint density at radius 2 is 1.71 bits per heavy atom. The first-order valence-electron chi connectivity index (χ1n) is 10.7. The van der Waals surface area contributed by atoms with Gasteiger partial charge in [-0.25, -0.2) is 4.79 Å². The van der Waals surface area contributed by atoms with Crippen molar-refractivity contribution in [1.29, 1.82) is 0 Å². The highest BCUT2D eigenvalue weighted by atomic mass is 16.6. The molecule has 1 amide bonds. The van der Waals surface area contributed by atoms with Gasteiger partial charge in [0, 0.05) is 16.3 Å². The Kier molecular flexibility index (Phi) is 5.21. The highest BCUT2D eigenvalue weighted by Gasteiger charge is 2.26. The van der Waals surface area contributed by atoms with Gasteiger partial charge in [0.1, 0.15) is 6.54 Å². The summed E-state index contributed by atoms with van der Waals surface area (Å²) >= 11 is 0. The quantitative estimate of drug-likeness (QED) is 0.548. The minimum Gasteiger partial charge on any atom is -0.450 e. The second-order valence-corrected chi connectivity index (χ2v) is 7.72. The van der Waals surface area contributed by atoms with E-state index in [0.717, 1.165) is 46.6 Å². The molecule has 1 N–H and O–H groups in total. The molecule has 0 atom stereocenters. The molecule has 5 rings (SSSR count). The van der Waals surface area contributed by atoms with Gasteiger partial charge in [0.2, 0.25) is 5.82 Å². The largest absolute Gasteiger partial charge is 0.450 e. The number of carbonyl (C=O) groups is 1. The number of carbonyl (C=O) groups excluding carboxylic acids is 1. The first-order chi connectivity index (χ1) is 15.2. The fraction of sp³-hybridized carbons (Fsp3) is 0.304. The Hall–Kier alpha value is -3.52. The molecule has 0 saturated carbocycles. The van der Waals surface area contributed by atoms with Crippen molar-refractivity contribution in [3.05, 3.63) is 60.4 Å². The van der Waals surface area contributed by atoms with Gasteiger partial charge >= 0.3 is 6.09 Å². The van der Waals surface area contributed by atoms with Crippen molar-refractivity contribution in [1.82, 2.24) is 24.7 Å². The number of fused-ring (bicyclic) bond motifs is 3. The van der Waals surface area contributed by atoms with Crippen LogP contribution in [0.3, 0.4) is 0 Å². The molecule has 4 aromatic rings. The molecule has 0 unspecified atom stereocenters. The summed E-state index contributed by atoms with van der Waals surface area (Å²) in [5.74, 6) is 0.831. The van der Waals surface area contributed by atoms with Gasteiger partial charge in [0.15, 0.2) is 5.65 Å². The van der Waals surface area contributed by atoms with E-state index in [1.165, 1.54) is 4.90 Å². The zero-order chi connectivity index (χ0) is 21.2. The van der Waals surface area contributed by atoms with Crippen molar-refractivity contribution in [2.45, 2.75) is 13.5 Å². The highest BCUT2D eigenvalue weighted by Crippen LogP contribution is 2.28. The number of nitrogens with zero attached hydrogens (tertiary/aromatic N) is 5. The average Bonchev–Trinajstić information content (AvgIpc) is 3.22. The van der Waals surface area contributed by atoms with Gasteiger partial charge in [0.25, 0.3) is 0 Å². The van der Waals surface area contributed by atoms with Crippen LogP contribution in [0.25, 0.3) is 27.7 Å².